The summed E-state index contributed by atoms with van der Waals surface area (Å²) in [4.78, 5) is 0. The summed E-state index contributed by atoms with van der Waals surface area (Å²) >= 11 is 0. The zero-order valence-corrected chi connectivity index (χ0v) is 10.3. The minimum absolute atomic E-state index is 0.0359. The average Bonchev–Trinajstić information content (AvgIpc) is 2.29. The number of aryl methyl sites for hydroxylation is 1. The van der Waals surface area contributed by atoms with Gasteiger partial charge in [0, 0.05) is 19.6 Å². The van der Waals surface area contributed by atoms with Gasteiger partial charge in [0.25, 0.3) is 0 Å². The molecule has 0 aliphatic heterocycles. The minimum atomic E-state index is -4.12. The van der Waals surface area contributed by atoms with E-state index in [1.165, 1.54) is 0 Å². The van der Waals surface area contributed by atoms with Gasteiger partial charge < -0.3 is 10.5 Å². The van der Waals surface area contributed by atoms with E-state index in [2.05, 4.69) is 0 Å². The topological polar surface area (TPSA) is 35.2 Å². The Balaban J connectivity index is 2.40. The van der Waals surface area contributed by atoms with Gasteiger partial charge in [-0.2, -0.15) is 13.2 Å². The van der Waals surface area contributed by atoms with Crippen molar-refractivity contribution in [1.29, 1.82) is 0 Å². The lowest BCUT2D eigenvalue weighted by Gasteiger charge is -2.17. The Hall–Kier alpha value is -1.07. The first-order valence-corrected chi connectivity index (χ1v) is 5.87. The molecule has 1 rings (SSSR count). The second kappa shape index (κ2) is 6.75. The lowest BCUT2D eigenvalue weighted by atomic mass is 10.1. The number of nitrogens with two attached hydrogens (primary N) is 1. The lowest BCUT2D eigenvalue weighted by molar-refractivity contribution is -0.138. The third-order valence-electron chi connectivity index (χ3n) is 2.59. The molecule has 0 saturated carbocycles. The summed E-state index contributed by atoms with van der Waals surface area (Å²) in [5.74, 6) is 0. The highest BCUT2D eigenvalue weighted by molar-refractivity contribution is 5.23. The molecule has 0 amide bonds. The van der Waals surface area contributed by atoms with Gasteiger partial charge in [-0.25, -0.2) is 0 Å². The summed E-state index contributed by atoms with van der Waals surface area (Å²) in [6, 6.07) is 7.63. The predicted molar refractivity (Wildman–Crippen MR) is 64.2 cm³/mol. The van der Waals surface area contributed by atoms with Gasteiger partial charge in [0.15, 0.2) is 0 Å². The van der Waals surface area contributed by atoms with Crippen molar-refractivity contribution < 1.29 is 17.9 Å². The predicted octanol–water partition coefficient (Wildman–Crippen LogP) is 3.35. The summed E-state index contributed by atoms with van der Waals surface area (Å²) < 4.78 is 41.2. The number of alkyl halides is 3. The third kappa shape index (κ3) is 5.51. The molecule has 1 aromatic carbocycles. The molecule has 2 nitrogen and oxygen atoms in total. The summed E-state index contributed by atoms with van der Waals surface area (Å²) in [5.41, 5.74) is 7.58. The van der Waals surface area contributed by atoms with Crippen LogP contribution in [0, 0.1) is 6.92 Å². The van der Waals surface area contributed by atoms with Crippen molar-refractivity contribution >= 4 is 0 Å². The Bertz CT molecular complexity index is 348. The van der Waals surface area contributed by atoms with Crippen molar-refractivity contribution in [1.82, 2.24) is 0 Å². The molecule has 102 valence electrons. The fourth-order valence-corrected chi connectivity index (χ4v) is 1.58. The van der Waals surface area contributed by atoms with Gasteiger partial charge in [0.1, 0.15) is 0 Å². The largest absolute Gasteiger partial charge is 0.389 e. The molecule has 0 aliphatic rings. The van der Waals surface area contributed by atoms with Crippen LogP contribution < -0.4 is 5.73 Å². The average molecular weight is 261 g/mol. The molecule has 0 saturated heterocycles. The number of hydrogen-bond acceptors (Lipinski definition) is 2. The van der Waals surface area contributed by atoms with Gasteiger partial charge in [-0.3, -0.25) is 0 Å². The second-order valence-electron chi connectivity index (χ2n) is 4.22. The van der Waals surface area contributed by atoms with Crippen LogP contribution in [0.2, 0.25) is 0 Å². The quantitative estimate of drug-likeness (QED) is 0.797. The number of rotatable bonds is 6. The van der Waals surface area contributed by atoms with E-state index in [0.717, 1.165) is 11.1 Å². The molecular weight excluding hydrogens is 243 g/mol. The molecule has 0 spiro atoms. The van der Waals surface area contributed by atoms with Crippen LogP contribution in [0.4, 0.5) is 13.2 Å². The molecule has 0 heterocycles. The first-order chi connectivity index (χ1) is 8.42. The maximum Gasteiger partial charge on any atom is 0.389 e. The highest BCUT2D eigenvalue weighted by Crippen LogP contribution is 2.22. The Kier molecular flexibility index (Phi) is 5.62. The normalized spacial score (nSPS) is 13.6. The van der Waals surface area contributed by atoms with Crippen LogP contribution in [0.25, 0.3) is 0 Å². The van der Waals surface area contributed by atoms with Gasteiger partial charge >= 0.3 is 6.18 Å². The van der Waals surface area contributed by atoms with Gasteiger partial charge in [-0.15, -0.1) is 0 Å². The molecule has 1 aromatic rings. The maximum atomic E-state index is 11.9. The van der Waals surface area contributed by atoms with Crippen LogP contribution >= 0.6 is 0 Å². The molecule has 0 radical (unpaired) electrons. The second-order valence-corrected chi connectivity index (χ2v) is 4.22. The molecule has 1 atom stereocenters. The molecule has 0 aliphatic carbocycles. The molecule has 0 aromatic heterocycles. The molecule has 1 unspecified atom stereocenters. The van der Waals surface area contributed by atoms with Gasteiger partial charge in [0.2, 0.25) is 0 Å². The van der Waals surface area contributed by atoms with Crippen molar-refractivity contribution in [3.63, 3.8) is 0 Å². The first kappa shape index (κ1) is 15.0. The molecule has 5 heteroatoms. The number of halogens is 3. The van der Waals surface area contributed by atoms with Crippen LogP contribution in [0.3, 0.4) is 0 Å². The van der Waals surface area contributed by atoms with E-state index < -0.39 is 12.6 Å². The summed E-state index contributed by atoms with van der Waals surface area (Å²) in [6.07, 6.45) is -5.31. The number of hydrogen-bond donors (Lipinski definition) is 1. The van der Waals surface area contributed by atoms with E-state index in [9.17, 15) is 13.2 Å². The Morgan fingerprint density at radius 1 is 1.22 bits per heavy atom. The molecular formula is C13H18F3NO. The summed E-state index contributed by atoms with van der Waals surface area (Å²) in [5, 5.41) is 0. The van der Waals surface area contributed by atoms with Crippen LogP contribution in [0.15, 0.2) is 24.3 Å². The Morgan fingerprint density at radius 2 is 1.83 bits per heavy atom. The number of ether oxygens (including phenoxy) is 1. The summed E-state index contributed by atoms with van der Waals surface area (Å²) in [7, 11) is 0. The van der Waals surface area contributed by atoms with E-state index in [1.54, 1.807) is 0 Å². The van der Waals surface area contributed by atoms with Crippen LogP contribution in [-0.2, 0) is 4.74 Å². The van der Waals surface area contributed by atoms with Crippen molar-refractivity contribution in [3.05, 3.63) is 35.4 Å². The van der Waals surface area contributed by atoms with Crippen molar-refractivity contribution in [2.24, 2.45) is 5.73 Å². The van der Waals surface area contributed by atoms with Crippen molar-refractivity contribution in [2.75, 3.05) is 13.2 Å². The highest BCUT2D eigenvalue weighted by Gasteiger charge is 2.26. The third-order valence-corrected chi connectivity index (χ3v) is 2.59. The standard InChI is InChI=1S/C13H18F3NO/c1-10-3-5-11(6-4-10)12(9-17)18-8-2-7-13(14,15)16/h3-6,12H,2,7-9,17H2,1H3. The van der Waals surface area contributed by atoms with Crippen molar-refractivity contribution in [3.8, 4) is 0 Å². The molecule has 18 heavy (non-hydrogen) atoms. The molecule has 0 bridgehead atoms. The zero-order valence-electron chi connectivity index (χ0n) is 10.3. The zero-order chi connectivity index (χ0) is 13.6. The minimum Gasteiger partial charge on any atom is -0.372 e. The maximum absolute atomic E-state index is 11.9. The van der Waals surface area contributed by atoms with Gasteiger partial charge in [-0.05, 0) is 18.9 Å². The van der Waals surface area contributed by atoms with E-state index in [-0.39, 0.29) is 25.7 Å². The van der Waals surface area contributed by atoms with Crippen LogP contribution in [0.1, 0.15) is 30.1 Å². The van der Waals surface area contributed by atoms with Gasteiger partial charge in [-0.1, -0.05) is 29.8 Å². The molecule has 2 N–H and O–H groups in total. The van der Waals surface area contributed by atoms with Crippen LogP contribution in [0.5, 0.6) is 0 Å². The van der Waals surface area contributed by atoms with E-state index in [1.807, 2.05) is 31.2 Å². The fourth-order valence-electron chi connectivity index (χ4n) is 1.58. The number of benzene rings is 1. The lowest BCUT2D eigenvalue weighted by Crippen LogP contribution is -2.17. The monoisotopic (exact) mass is 261 g/mol. The van der Waals surface area contributed by atoms with Crippen molar-refractivity contribution in [2.45, 2.75) is 32.0 Å². The smallest absolute Gasteiger partial charge is 0.372 e. The highest BCUT2D eigenvalue weighted by atomic mass is 19.4. The summed E-state index contributed by atoms with van der Waals surface area (Å²) in [6.45, 7) is 2.29. The molecule has 0 fully saturated rings. The first-order valence-electron chi connectivity index (χ1n) is 5.87. The van der Waals surface area contributed by atoms with E-state index in [4.69, 9.17) is 10.5 Å². The van der Waals surface area contributed by atoms with Crippen LogP contribution in [-0.4, -0.2) is 19.3 Å². The Labute approximate surface area is 105 Å². The van der Waals surface area contributed by atoms with E-state index in [0.29, 0.717) is 0 Å². The fraction of sp³-hybridized carbons (Fsp3) is 0.538. The Morgan fingerprint density at radius 3 is 2.33 bits per heavy atom. The van der Waals surface area contributed by atoms with E-state index >= 15 is 0 Å². The SMILES string of the molecule is Cc1ccc(C(CN)OCCCC(F)(F)F)cc1. The van der Waals surface area contributed by atoms with Gasteiger partial charge in [0.05, 0.1) is 6.10 Å².